The van der Waals surface area contributed by atoms with E-state index in [1.54, 1.807) is 37.8 Å². The molecule has 3 fully saturated rings. The minimum atomic E-state index is -3.05. The fourth-order valence-corrected chi connectivity index (χ4v) is 11.5. The second kappa shape index (κ2) is 38.1. The first-order valence-electron chi connectivity index (χ1n) is 31.2. The number of aryl methyl sites for hydroxylation is 1. The summed E-state index contributed by atoms with van der Waals surface area (Å²) < 4.78 is 35.4. The standard InChI is InChI=1S/C62H88F2IN13O13/c1-66-38-47-37-62(63,64)44-78(47)56(82)39-70-60(89)49-18-21-67-51-17-16-48(36-50(49)51)91-35-7-22-72-31-33-77(34-32-72)55(81)11-3-2-4-19-69-61(90)52(9-6-20-68-53(79)10-5-8-45-12-14-46(65)15-13-45)71-54(80)40-73-23-25-74(41-57(83)84)27-29-76(43-59(87)88)30-28-75(26-24-73)42-58(85)86/h12-18,21,36,38,47,52H,2-11,19-20,22-35,37,39-44H2,1H3,(H,68,79)(H,69,90)(H,70,89)(H,71,80)(H,83,84)(H,85,86)(H,87,88)/b66-38+/t47-,52?/m1/s1. The van der Waals surface area contributed by atoms with Gasteiger partial charge in [-0.3, -0.25) is 77.6 Å². The summed E-state index contributed by atoms with van der Waals surface area (Å²) in [6.45, 7) is 3.59. The fraction of sp³-hybridized carbons (Fsp3) is 0.597. The second-order valence-electron chi connectivity index (χ2n) is 23.2. The SMILES string of the molecule is C/N=C/[C@H]1CC(F)(F)CN1C(=O)CNC(=O)c1ccnc2ccc(OCCCN3CCN(C(=O)CCCCCNC(=O)C(CCCNC(=O)CCCc4ccc(I)cc4)NC(=O)CN4CCN(CC(=O)O)CCN(CC(=O)O)CCN(CC(=O)O)CC4)CC3)cc12. The molecule has 3 aliphatic heterocycles. The van der Waals surface area contributed by atoms with Crippen molar-refractivity contribution < 1.29 is 72.0 Å². The molecule has 26 nitrogen and oxygen atoms in total. The molecule has 0 saturated carbocycles. The minimum absolute atomic E-state index is 0.0500. The smallest absolute Gasteiger partial charge is 0.317 e. The molecule has 2 aromatic carbocycles. The highest BCUT2D eigenvalue weighted by molar-refractivity contribution is 14.1. The number of unbranched alkanes of at least 4 members (excludes halogenated alkanes) is 2. The Morgan fingerprint density at radius 2 is 1.29 bits per heavy atom. The molecule has 1 unspecified atom stereocenters. The Hall–Kier alpha value is -7.06. The average Bonchev–Trinajstić information content (AvgIpc) is 2.30. The molecule has 0 aliphatic carbocycles. The number of alkyl halides is 2. The number of nitrogens with zero attached hydrogens (tertiary/aromatic N) is 9. The summed E-state index contributed by atoms with van der Waals surface area (Å²) in [4.78, 5) is 135. The third kappa shape index (κ3) is 26.6. The van der Waals surface area contributed by atoms with E-state index in [2.05, 4.69) is 58.7 Å². The van der Waals surface area contributed by atoms with Gasteiger partial charge in [0.05, 0.1) is 63.0 Å². The van der Waals surface area contributed by atoms with Crippen LogP contribution in [0.3, 0.4) is 0 Å². The highest BCUT2D eigenvalue weighted by atomic mass is 127. The topological polar surface area (TPSA) is 320 Å². The Morgan fingerprint density at radius 1 is 0.681 bits per heavy atom. The molecule has 7 N–H and O–H groups in total. The molecule has 3 aliphatic rings. The quantitative estimate of drug-likeness (QED) is 0.0260. The number of aliphatic imine (C=N–C) groups is 1. The highest BCUT2D eigenvalue weighted by Gasteiger charge is 2.46. The average molecular weight is 1390 g/mol. The van der Waals surface area contributed by atoms with E-state index in [0.29, 0.717) is 101 Å². The molecular formula is C62H88F2IN13O13. The zero-order chi connectivity index (χ0) is 65.7. The van der Waals surface area contributed by atoms with Crippen molar-refractivity contribution in [3.05, 3.63) is 69.4 Å². The number of hydrogen-bond acceptors (Lipinski definition) is 17. The van der Waals surface area contributed by atoms with E-state index in [9.17, 15) is 67.3 Å². The zero-order valence-electron chi connectivity index (χ0n) is 51.8. The number of carboxylic acid groups (broad SMARTS) is 3. The van der Waals surface area contributed by atoms with Crippen molar-refractivity contribution in [2.24, 2.45) is 4.99 Å². The molecular weight excluding hydrogens is 1300 g/mol. The van der Waals surface area contributed by atoms with E-state index in [0.717, 1.165) is 27.0 Å². The van der Waals surface area contributed by atoms with Crippen LogP contribution in [-0.4, -0.2) is 283 Å². The Kier molecular flexibility index (Phi) is 30.5. The lowest BCUT2D eigenvalue weighted by atomic mass is 10.1. The van der Waals surface area contributed by atoms with Crippen molar-refractivity contribution in [2.75, 3.05) is 151 Å². The summed E-state index contributed by atoms with van der Waals surface area (Å²) in [5.74, 6) is -7.93. The molecule has 500 valence electrons. The van der Waals surface area contributed by atoms with Crippen molar-refractivity contribution in [3.63, 3.8) is 0 Å². The number of likely N-dealkylation sites (tertiary alicyclic amines) is 1. The van der Waals surface area contributed by atoms with Crippen LogP contribution in [0.15, 0.2) is 59.7 Å². The van der Waals surface area contributed by atoms with Gasteiger partial charge >= 0.3 is 17.9 Å². The van der Waals surface area contributed by atoms with E-state index in [1.165, 1.54) is 25.5 Å². The molecule has 3 aromatic rings. The van der Waals surface area contributed by atoms with Gasteiger partial charge in [-0.1, -0.05) is 18.6 Å². The number of carboxylic acids is 3. The molecule has 4 heterocycles. The molecule has 0 radical (unpaired) electrons. The molecule has 2 atom stereocenters. The first kappa shape index (κ1) is 73.0. The molecule has 0 bridgehead atoms. The number of carbonyl (C=O) groups excluding carboxylic acids is 6. The summed E-state index contributed by atoms with van der Waals surface area (Å²) in [6.07, 6.45) is 7.44. The van der Waals surface area contributed by atoms with Crippen molar-refractivity contribution in [1.82, 2.24) is 60.6 Å². The number of aliphatic carboxylic acids is 3. The molecule has 1 aromatic heterocycles. The summed E-state index contributed by atoms with van der Waals surface area (Å²) in [7, 11) is 1.45. The van der Waals surface area contributed by atoms with Gasteiger partial charge in [-0.2, -0.15) is 0 Å². The van der Waals surface area contributed by atoms with E-state index in [4.69, 9.17) is 4.74 Å². The summed E-state index contributed by atoms with van der Waals surface area (Å²) >= 11 is 2.24. The number of piperazine rings is 1. The number of pyridine rings is 1. The van der Waals surface area contributed by atoms with Crippen molar-refractivity contribution in [2.45, 2.75) is 88.6 Å². The molecule has 3 saturated heterocycles. The number of hydrogen-bond donors (Lipinski definition) is 7. The van der Waals surface area contributed by atoms with Crippen LogP contribution in [0.4, 0.5) is 8.78 Å². The van der Waals surface area contributed by atoms with Crippen LogP contribution in [0.5, 0.6) is 5.75 Å². The monoisotopic (exact) mass is 1390 g/mol. The zero-order valence-corrected chi connectivity index (χ0v) is 54.0. The van der Waals surface area contributed by atoms with Gasteiger partial charge in [-0.05, 0) is 109 Å². The van der Waals surface area contributed by atoms with Gasteiger partial charge in [0.2, 0.25) is 29.5 Å². The van der Waals surface area contributed by atoms with Crippen LogP contribution in [0.2, 0.25) is 0 Å². The maximum Gasteiger partial charge on any atom is 0.317 e. The predicted molar refractivity (Wildman–Crippen MR) is 343 cm³/mol. The minimum Gasteiger partial charge on any atom is -0.494 e. The van der Waals surface area contributed by atoms with Crippen LogP contribution >= 0.6 is 22.6 Å². The summed E-state index contributed by atoms with van der Waals surface area (Å²) in [5, 5.41) is 40.6. The van der Waals surface area contributed by atoms with Crippen molar-refractivity contribution >= 4 is 93.1 Å². The predicted octanol–water partition coefficient (Wildman–Crippen LogP) is 1.98. The van der Waals surface area contributed by atoms with Crippen LogP contribution in [0, 0.1) is 3.57 Å². The van der Waals surface area contributed by atoms with E-state index < -0.39 is 79.1 Å². The first-order valence-corrected chi connectivity index (χ1v) is 32.2. The maximum absolute atomic E-state index is 14.1. The number of aromatic nitrogens is 1. The molecule has 0 spiro atoms. The first-order chi connectivity index (χ1) is 43.6. The Labute approximate surface area is 542 Å². The Bertz CT molecular complexity index is 2910. The van der Waals surface area contributed by atoms with Gasteiger partial charge in [-0.15, -0.1) is 0 Å². The second-order valence-corrected chi connectivity index (χ2v) is 24.4. The number of rotatable bonds is 33. The van der Waals surface area contributed by atoms with Crippen molar-refractivity contribution in [1.29, 1.82) is 0 Å². The van der Waals surface area contributed by atoms with Gasteiger partial charge in [0.15, 0.2) is 0 Å². The number of amides is 6. The van der Waals surface area contributed by atoms with Crippen LogP contribution in [0.25, 0.3) is 10.9 Å². The van der Waals surface area contributed by atoms with E-state index in [1.807, 2.05) is 29.2 Å². The normalized spacial score (nSPS) is 17.8. The van der Waals surface area contributed by atoms with Crippen LogP contribution in [-0.2, 0) is 44.8 Å². The van der Waals surface area contributed by atoms with Crippen LogP contribution in [0.1, 0.15) is 80.1 Å². The number of nitrogens with one attached hydrogen (secondary N) is 4. The van der Waals surface area contributed by atoms with Crippen LogP contribution < -0.4 is 26.0 Å². The van der Waals surface area contributed by atoms with Gasteiger partial charge < -0.3 is 51.1 Å². The number of benzene rings is 2. The summed E-state index contributed by atoms with van der Waals surface area (Å²) in [6, 6.07) is 13.0. The van der Waals surface area contributed by atoms with Gasteiger partial charge in [0.25, 0.3) is 11.8 Å². The molecule has 91 heavy (non-hydrogen) atoms. The van der Waals surface area contributed by atoms with E-state index in [-0.39, 0.29) is 115 Å². The lowest BCUT2D eigenvalue weighted by molar-refractivity contribution is -0.140. The van der Waals surface area contributed by atoms with Crippen molar-refractivity contribution in [3.8, 4) is 5.75 Å². The van der Waals surface area contributed by atoms with Gasteiger partial charge in [0.1, 0.15) is 11.8 Å². The molecule has 29 heteroatoms. The third-order valence-corrected chi connectivity index (χ3v) is 16.8. The fourth-order valence-electron chi connectivity index (χ4n) is 11.2. The summed E-state index contributed by atoms with van der Waals surface area (Å²) in [5.41, 5.74) is 1.92. The number of fused-ring (bicyclic) bond motifs is 1. The lowest BCUT2D eigenvalue weighted by Gasteiger charge is -2.34. The number of ether oxygens (including phenoxy) is 1. The van der Waals surface area contributed by atoms with Gasteiger partial charge in [0, 0.05) is 146 Å². The Balaban J connectivity index is 0.922. The largest absolute Gasteiger partial charge is 0.494 e. The van der Waals surface area contributed by atoms with Gasteiger partial charge in [-0.25, -0.2) is 8.78 Å². The molecule has 6 amide bonds. The maximum atomic E-state index is 14.1. The lowest BCUT2D eigenvalue weighted by Crippen LogP contribution is -2.52. The third-order valence-electron chi connectivity index (χ3n) is 16.1. The Morgan fingerprint density at radius 3 is 1.90 bits per heavy atom. The van der Waals surface area contributed by atoms with E-state index >= 15 is 0 Å². The highest BCUT2D eigenvalue weighted by Crippen LogP contribution is 2.31. The number of halogens is 3. The molecule has 6 rings (SSSR count). The number of carbonyl (C=O) groups is 9.